The number of hydrogen-bond acceptors (Lipinski definition) is 3. The first-order chi connectivity index (χ1) is 9.24. The van der Waals surface area contributed by atoms with E-state index in [-0.39, 0.29) is 0 Å². The third-order valence-corrected chi connectivity index (χ3v) is 5.15. The van der Waals surface area contributed by atoms with E-state index in [1.54, 1.807) is 6.26 Å². The van der Waals surface area contributed by atoms with Crippen LogP contribution in [0.3, 0.4) is 0 Å². The average Bonchev–Trinajstić information content (AvgIpc) is 3.10. The molecule has 3 heteroatoms. The fourth-order valence-corrected chi connectivity index (χ4v) is 3.90. The summed E-state index contributed by atoms with van der Waals surface area (Å²) in [5, 5.41) is 3.85. The Balaban J connectivity index is 1.79. The fourth-order valence-electron chi connectivity index (χ4n) is 3.90. The standard InChI is InChI=1S/C16H26N2O/c1-3-14-11-17-16(8-4-5-9-16)12-18(14)13(2)15-7-6-10-19-15/h6-7,10,13-14,17H,3-5,8-9,11-12H2,1-2H3. The van der Waals surface area contributed by atoms with E-state index in [1.807, 2.05) is 6.07 Å². The van der Waals surface area contributed by atoms with Crippen LogP contribution in [0.25, 0.3) is 0 Å². The first kappa shape index (κ1) is 13.2. The van der Waals surface area contributed by atoms with Crippen LogP contribution in [0.15, 0.2) is 22.8 Å². The molecular weight excluding hydrogens is 236 g/mol. The summed E-state index contributed by atoms with van der Waals surface area (Å²) in [5.41, 5.74) is 0.381. The molecule has 2 fully saturated rings. The number of nitrogens with zero attached hydrogens (tertiary/aromatic N) is 1. The van der Waals surface area contributed by atoms with Gasteiger partial charge in [-0.3, -0.25) is 4.90 Å². The van der Waals surface area contributed by atoms with Gasteiger partial charge in [-0.1, -0.05) is 19.8 Å². The van der Waals surface area contributed by atoms with Crippen molar-refractivity contribution in [1.82, 2.24) is 10.2 Å². The Bertz CT molecular complexity index is 395. The van der Waals surface area contributed by atoms with Crippen LogP contribution in [-0.2, 0) is 0 Å². The zero-order valence-electron chi connectivity index (χ0n) is 12.2. The molecule has 2 heterocycles. The molecule has 0 amide bonds. The summed E-state index contributed by atoms with van der Waals surface area (Å²) in [4.78, 5) is 2.67. The van der Waals surface area contributed by atoms with Crippen molar-refractivity contribution in [2.75, 3.05) is 13.1 Å². The Labute approximate surface area is 116 Å². The molecule has 1 aliphatic heterocycles. The van der Waals surface area contributed by atoms with Crippen molar-refractivity contribution in [3.8, 4) is 0 Å². The van der Waals surface area contributed by atoms with Crippen molar-refractivity contribution in [3.63, 3.8) is 0 Å². The third-order valence-electron chi connectivity index (χ3n) is 5.15. The van der Waals surface area contributed by atoms with Gasteiger partial charge in [0.05, 0.1) is 12.3 Å². The highest BCUT2D eigenvalue weighted by atomic mass is 16.3. The van der Waals surface area contributed by atoms with Crippen LogP contribution in [0.4, 0.5) is 0 Å². The minimum atomic E-state index is 0.381. The quantitative estimate of drug-likeness (QED) is 0.905. The molecule has 2 unspecified atom stereocenters. The van der Waals surface area contributed by atoms with Crippen molar-refractivity contribution in [2.24, 2.45) is 0 Å². The smallest absolute Gasteiger partial charge is 0.120 e. The van der Waals surface area contributed by atoms with Gasteiger partial charge in [0.1, 0.15) is 5.76 Å². The van der Waals surface area contributed by atoms with E-state index >= 15 is 0 Å². The Hall–Kier alpha value is -0.800. The zero-order chi connectivity index (χ0) is 13.3. The maximum atomic E-state index is 5.63. The van der Waals surface area contributed by atoms with Gasteiger partial charge in [-0.2, -0.15) is 0 Å². The van der Waals surface area contributed by atoms with Gasteiger partial charge < -0.3 is 9.73 Å². The van der Waals surface area contributed by atoms with Gasteiger partial charge in [0.25, 0.3) is 0 Å². The molecule has 3 rings (SSSR count). The van der Waals surface area contributed by atoms with Crippen molar-refractivity contribution in [2.45, 2.75) is 63.6 Å². The number of nitrogens with one attached hydrogen (secondary N) is 1. The topological polar surface area (TPSA) is 28.4 Å². The number of piperazine rings is 1. The molecule has 3 nitrogen and oxygen atoms in total. The first-order valence-electron chi connectivity index (χ1n) is 7.78. The predicted molar refractivity (Wildman–Crippen MR) is 77.1 cm³/mol. The lowest BCUT2D eigenvalue weighted by molar-refractivity contribution is 0.0388. The molecule has 2 atom stereocenters. The van der Waals surface area contributed by atoms with Crippen molar-refractivity contribution in [3.05, 3.63) is 24.2 Å². The number of hydrogen-bond donors (Lipinski definition) is 1. The molecule has 1 aliphatic carbocycles. The Morgan fingerprint density at radius 1 is 1.47 bits per heavy atom. The Morgan fingerprint density at radius 3 is 2.89 bits per heavy atom. The van der Waals surface area contributed by atoms with Gasteiger partial charge in [-0.25, -0.2) is 0 Å². The summed E-state index contributed by atoms with van der Waals surface area (Å²) in [6.45, 7) is 6.88. The Morgan fingerprint density at radius 2 is 2.26 bits per heavy atom. The van der Waals surface area contributed by atoms with Gasteiger partial charge in [-0.05, 0) is 38.3 Å². The molecule has 1 saturated heterocycles. The number of rotatable bonds is 3. The van der Waals surface area contributed by atoms with E-state index in [1.165, 1.54) is 38.6 Å². The van der Waals surface area contributed by atoms with Gasteiger partial charge in [0, 0.05) is 24.7 Å². The van der Waals surface area contributed by atoms with E-state index in [0.717, 1.165) is 12.3 Å². The Kier molecular flexibility index (Phi) is 3.68. The summed E-state index contributed by atoms with van der Waals surface area (Å²) >= 11 is 0. The lowest BCUT2D eigenvalue weighted by Gasteiger charge is -2.48. The summed E-state index contributed by atoms with van der Waals surface area (Å²) in [7, 11) is 0. The van der Waals surface area contributed by atoms with Crippen LogP contribution in [0, 0.1) is 0 Å². The van der Waals surface area contributed by atoms with E-state index in [9.17, 15) is 0 Å². The van der Waals surface area contributed by atoms with Gasteiger partial charge in [0.15, 0.2) is 0 Å². The molecule has 1 aromatic heterocycles. The highest BCUT2D eigenvalue weighted by Gasteiger charge is 2.42. The van der Waals surface area contributed by atoms with E-state index in [4.69, 9.17) is 4.42 Å². The van der Waals surface area contributed by atoms with Crippen LogP contribution in [-0.4, -0.2) is 29.6 Å². The van der Waals surface area contributed by atoms with Crippen molar-refractivity contribution in [1.29, 1.82) is 0 Å². The van der Waals surface area contributed by atoms with E-state index < -0.39 is 0 Å². The molecule has 1 aromatic rings. The molecule has 106 valence electrons. The SMILES string of the molecule is CCC1CNC2(CCCC2)CN1C(C)c1ccco1. The van der Waals surface area contributed by atoms with E-state index in [2.05, 4.69) is 30.1 Å². The highest BCUT2D eigenvalue weighted by Crippen LogP contribution is 2.36. The molecular formula is C16H26N2O. The normalized spacial score (nSPS) is 28.8. The summed E-state index contributed by atoms with van der Waals surface area (Å²) < 4.78 is 5.63. The highest BCUT2D eigenvalue weighted by molar-refractivity contribution is 5.08. The largest absolute Gasteiger partial charge is 0.468 e. The second-order valence-corrected chi connectivity index (χ2v) is 6.29. The maximum Gasteiger partial charge on any atom is 0.120 e. The van der Waals surface area contributed by atoms with Crippen molar-refractivity contribution < 1.29 is 4.42 Å². The van der Waals surface area contributed by atoms with Crippen LogP contribution in [0.2, 0.25) is 0 Å². The van der Waals surface area contributed by atoms with E-state index in [0.29, 0.717) is 17.6 Å². The molecule has 19 heavy (non-hydrogen) atoms. The van der Waals surface area contributed by atoms with Crippen molar-refractivity contribution >= 4 is 0 Å². The average molecular weight is 262 g/mol. The zero-order valence-corrected chi connectivity index (χ0v) is 12.2. The maximum absolute atomic E-state index is 5.63. The van der Waals surface area contributed by atoms with Gasteiger partial charge in [-0.15, -0.1) is 0 Å². The summed E-state index contributed by atoms with van der Waals surface area (Å²) in [6, 6.07) is 5.13. The third kappa shape index (κ3) is 2.46. The second-order valence-electron chi connectivity index (χ2n) is 6.29. The second kappa shape index (κ2) is 5.29. The molecule has 0 aromatic carbocycles. The molecule has 1 saturated carbocycles. The monoisotopic (exact) mass is 262 g/mol. The minimum Gasteiger partial charge on any atom is -0.468 e. The predicted octanol–water partition coefficient (Wildman–Crippen LogP) is 3.34. The van der Waals surface area contributed by atoms with Crippen LogP contribution in [0.1, 0.15) is 57.8 Å². The van der Waals surface area contributed by atoms with Crippen LogP contribution < -0.4 is 5.32 Å². The molecule has 1 spiro atoms. The molecule has 2 aliphatic rings. The summed E-state index contributed by atoms with van der Waals surface area (Å²) in [6.07, 6.45) is 8.43. The lowest BCUT2D eigenvalue weighted by Crippen LogP contribution is -2.63. The first-order valence-corrected chi connectivity index (χ1v) is 7.78. The van der Waals surface area contributed by atoms with Crippen LogP contribution in [0.5, 0.6) is 0 Å². The van der Waals surface area contributed by atoms with Gasteiger partial charge in [0.2, 0.25) is 0 Å². The summed E-state index contributed by atoms with van der Waals surface area (Å²) in [5.74, 6) is 1.11. The van der Waals surface area contributed by atoms with Gasteiger partial charge >= 0.3 is 0 Å². The molecule has 0 radical (unpaired) electrons. The van der Waals surface area contributed by atoms with Crippen LogP contribution >= 0.6 is 0 Å². The molecule has 0 bridgehead atoms. The molecule has 1 N–H and O–H groups in total. The number of furan rings is 1. The minimum absolute atomic E-state index is 0.381. The fraction of sp³-hybridized carbons (Fsp3) is 0.750. The lowest BCUT2D eigenvalue weighted by atomic mass is 9.90.